The Morgan fingerprint density at radius 3 is 2.35 bits per heavy atom. The molecule has 2 rings (SSSR count). The Morgan fingerprint density at radius 1 is 1.20 bits per heavy atom. The minimum absolute atomic E-state index is 0.0247. The molecule has 20 heavy (non-hydrogen) atoms. The molecule has 2 aromatic rings. The molecule has 1 unspecified atom stereocenters. The molecule has 0 fully saturated rings. The minimum Gasteiger partial charge on any atom is -0.357 e. The molecule has 0 spiro atoms. The fourth-order valence-corrected chi connectivity index (χ4v) is 3.45. The summed E-state index contributed by atoms with van der Waals surface area (Å²) >= 11 is 1.46. The third-order valence-electron chi connectivity index (χ3n) is 2.50. The van der Waals surface area contributed by atoms with Gasteiger partial charge in [0.2, 0.25) is 16.0 Å². The van der Waals surface area contributed by atoms with Crippen LogP contribution in [0.1, 0.15) is 22.9 Å². The van der Waals surface area contributed by atoms with Crippen LogP contribution in [-0.4, -0.2) is 30.4 Å². The van der Waals surface area contributed by atoms with Gasteiger partial charge in [-0.15, -0.1) is 11.3 Å². The quantitative estimate of drug-likeness (QED) is 0.864. The van der Waals surface area contributed by atoms with Crippen LogP contribution in [0.25, 0.3) is 0 Å². The van der Waals surface area contributed by atoms with Crippen molar-refractivity contribution in [3.05, 3.63) is 28.5 Å². The van der Waals surface area contributed by atoms with Crippen molar-refractivity contribution in [2.24, 2.45) is 0 Å². The maximum Gasteiger partial charge on any atom is 0.244 e. The summed E-state index contributed by atoms with van der Waals surface area (Å²) in [6, 6.07) is -0.400. The molecule has 0 aliphatic carbocycles. The fraction of sp³-hybridized carbons (Fsp3) is 0.364. The van der Waals surface area contributed by atoms with Gasteiger partial charge in [0.25, 0.3) is 0 Å². The van der Waals surface area contributed by atoms with E-state index in [9.17, 15) is 8.42 Å². The number of aryl methyl sites for hydroxylation is 1. The predicted octanol–water partition coefficient (Wildman–Crippen LogP) is 1.32. The molecule has 0 amide bonds. The van der Waals surface area contributed by atoms with Crippen molar-refractivity contribution in [1.82, 2.24) is 19.7 Å². The molecule has 1 atom stereocenters. The number of thiazole rings is 1. The van der Waals surface area contributed by atoms with E-state index in [0.717, 1.165) is 9.88 Å². The fourth-order valence-electron chi connectivity index (χ4n) is 1.51. The molecule has 0 aliphatic rings. The highest BCUT2D eigenvalue weighted by Crippen LogP contribution is 2.21. The topological polar surface area (TPSA) is 96.9 Å². The second kappa shape index (κ2) is 5.81. The smallest absolute Gasteiger partial charge is 0.244 e. The molecule has 2 aromatic heterocycles. The largest absolute Gasteiger partial charge is 0.357 e. The number of nitrogens with one attached hydrogen (secondary N) is 2. The summed E-state index contributed by atoms with van der Waals surface area (Å²) in [4.78, 5) is 13.0. The van der Waals surface area contributed by atoms with Crippen LogP contribution in [-0.2, 0) is 10.0 Å². The Hall–Kier alpha value is -1.58. The first-order valence-electron chi connectivity index (χ1n) is 5.87. The molecule has 9 heteroatoms. The first-order chi connectivity index (χ1) is 9.42. The highest BCUT2D eigenvalue weighted by molar-refractivity contribution is 7.89. The predicted molar refractivity (Wildman–Crippen MR) is 77.2 cm³/mol. The Kier molecular flexibility index (Phi) is 4.31. The zero-order valence-electron chi connectivity index (χ0n) is 11.3. The molecule has 0 aromatic carbocycles. The molecule has 0 bridgehead atoms. The van der Waals surface area contributed by atoms with Gasteiger partial charge in [0.1, 0.15) is 9.90 Å². The molecule has 108 valence electrons. The van der Waals surface area contributed by atoms with Crippen molar-refractivity contribution in [3.63, 3.8) is 0 Å². The highest BCUT2D eigenvalue weighted by Gasteiger charge is 2.20. The van der Waals surface area contributed by atoms with E-state index in [-0.39, 0.29) is 4.90 Å². The lowest BCUT2D eigenvalue weighted by Gasteiger charge is -2.11. The van der Waals surface area contributed by atoms with E-state index in [1.54, 1.807) is 20.2 Å². The summed E-state index contributed by atoms with van der Waals surface area (Å²) < 4.78 is 26.9. The zero-order valence-corrected chi connectivity index (χ0v) is 12.9. The van der Waals surface area contributed by atoms with Gasteiger partial charge in [-0.1, -0.05) is 0 Å². The molecule has 0 radical (unpaired) electrons. The molecule has 0 saturated carbocycles. The lowest BCUT2D eigenvalue weighted by molar-refractivity contribution is 0.565. The number of hydrogen-bond donors (Lipinski definition) is 2. The Bertz CT molecular complexity index is 681. The van der Waals surface area contributed by atoms with E-state index in [1.165, 1.54) is 23.7 Å². The van der Waals surface area contributed by atoms with E-state index >= 15 is 0 Å². The van der Waals surface area contributed by atoms with Gasteiger partial charge in [-0.05, 0) is 13.8 Å². The van der Waals surface area contributed by atoms with Crippen LogP contribution in [0.5, 0.6) is 0 Å². The second-order valence-corrected chi connectivity index (χ2v) is 7.12. The van der Waals surface area contributed by atoms with Crippen LogP contribution >= 0.6 is 11.3 Å². The second-order valence-electron chi connectivity index (χ2n) is 4.14. The maximum atomic E-state index is 12.2. The van der Waals surface area contributed by atoms with Crippen molar-refractivity contribution in [2.45, 2.75) is 24.8 Å². The van der Waals surface area contributed by atoms with Gasteiger partial charge < -0.3 is 5.32 Å². The summed E-state index contributed by atoms with van der Waals surface area (Å²) in [7, 11) is -2.00. The SMILES string of the molecule is CNc1ncc(S(=O)(=O)NC(C)c2ncc(C)s2)cn1. The third-order valence-corrected chi connectivity index (χ3v) is 5.09. The van der Waals surface area contributed by atoms with Crippen LogP contribution in [0.3, 0.4) is 0 Å². The van der Waals surface area contributed by atoms with Crippen LogP contribution < -0.4 is 10.0 Å². The monoisotopic (exact) mass is 313 g/mol. The van der Waals surface area contributed by atoms with Gasteiger partial charge in [-0.3, -0.25) is 0 Å². The lowest BCUT2D eigenvalue weighted by atomic mass is 10.4. The number of rotatable bonds is 5. The summed E-state index contributed by atoms with van der Waals surface area (Å²) in [5.74, 6) is 0.368. The number of anilines is 1. The van der Waals surface area contributed by atoms with Gasteiger partial charge in [0.05, 0.1) is 18.4 Å². The van der Waals surface area contributed by atoms with E-state index in [1.807, 2.05) is 6.92 Å². The summed E-state index contributed by atoms with van der Waals surface area (Å²) in [5, 5.41) is 3.45. The van der Waals surface area contributed by atoms with Crippen molar-refractivity contribution < 1.29 is 8.42 Å². The van der Waals surface area contributed by atoms with Crippen molar-refractivity contribution >= 4 is 27.3 Å². The molecular formula is C11H15N5O2S2. The Balaban J connectivity index is 2.17. The van der Waals surface area contributed by atoms with Gasteiger partial charge in [-0.25, -0.2) is 28.1 Å². The Morgan fingerprint density at radius 2 is 1.85 bits per heavy atom. The molecule has 0 saturated heterocycles. The third kappa shape index (κ3) is 3.30. The molecule has 2 heterocycles. The average Bonchev–Trinajstić information content (AvgIpc) is 2.85. The van der Waals surface area contributed by atoms with Gasteiger partial charge in [-0.2, -0.15) is 0 Å². The van der Waals surface area contributed by atoms with E-state index in [4.69, 9.17) is 0 Å². The lowest BCUT2D eigenvalue weighted by Crippen LogP contribution is -2.27. The first kappa shape index (κ1) is 14.8. The first-order valence-corrected chi connectivity index (χ1v) is 8.17. The summed E-state index contributed by atoms with van der Waals surface area (Å²) in [6.45, 7) is 3.67. The minimum atomic E-state index is -3.66. The average molecular weight is 313 g/mol. The number of nitrogens with zero attached hydrogens (tertiary/aromatic N) is 3. The number of aromatic nitrogens is 3. The van der Waals surface area contributed by atoms with Gasteiger partial charge >= 0.3 is 0 Å². The standard InChI is InChI=1S/C11H15N5O2S2/c1-7-4-13-10(19-7)8(2)16-20(17,18)9-5-14-11(12-3)15-6-9/h4-6,8,16H,1-3H3,(H,12,14,15). The molecule has 7 nitrogen and oxygen atoms in total. The summed E-state index contributed by atoms with van der Waals surface area (Å²) in [6.07, 6.45) is 4.25. The van der Waals surface area contributed by atoms with E-state index in [2.05, 4.69) is 25.0 Å². The molecular weight excluding hydrogens is 298 g/mol. The maximum absolute atomic E-state index is 12.2. The summed E-state index contributed by atoms with van der Waals surface area (Å²) in [5.41, 5.74) is 0. The van der Waals surface area contributed by atoms with Crippen LogP contribution in [0.2, 0.25) is 0 Å². The number of sulfonamides is 1. The molecule has 0 aliphatic heterocycles. The van der Waals surface area contributed by atoms with Crippen LogP contribution in [0.15, 0.2) is 23.5 Å². The van der Waals surface area contributed by atoms with E-state index < -0.39 is 16.1 Å². The number of hydrogen-bond acceptors (Lipinski definition) is 7. The van der Waals surface area contributed by atoms with Gasteiger partial charge in [0.15, 0.2) is 0 Å². The normalized spacial score (nSPS) is 13.2. The van der Waals surface area contributed by atoms with Crippen LogP contribution in [0.4, 0.5) is 5.95 Å². The van der Waals surface area contributed by atoms with Crippen molar-refractivity contribution in [3.8, 4) is 0 Å². The van der Waals surface area contributed by atoms with Crippen molar-refractivity contribution in [2.75, 3.05) is 12.4 Å². The van der Waals surface area contributed by atoms with E-state index in [0.29, 0.717) is 5.95 Å². The van der Waals surface area contributed by atoms with Crippen LogP contribution in [0, 0.1) is 6.92 Å². The van der Waals surface area contributed by atoms with Crippen molar-refractivity contribution in [1.29, 1.82) is 0 Å². The molecule has 2 N–H and O–H groups in total. The zero-order chi connectivity index (χ0) is 14.8. The Labute approximate surface area is 121 Å². The highest BCUT2D eigenvalue weighted by atomic mass is 32.2. The van der Waals surface area contributed by atoms with Gasteiger partial charge in [0, 0.05) is 18.1 Å².